The molecule has 0 atom stereocenters. The van der Waals surface area contributed by atoms with Crippen molar-refractivity contribution in [2.45, 2.75) is 6.92 Å². The van der Waals surface area contributed by atoms with Crippen LogP contribution in [0.25, 0.3) is 26.6 Å². The monoisotopic (exact) mass is 521 g/mol. The highest BCUT2D eigenvalue weighted by Gasteiger charge is 2.21. The minimum atomic E-state index is -0.480. The van der Waals surface area contributed by atoms with E-state index in [9.17, 15) is 9.59 Å². The highest BCUT2D eigenvalue weighted by atomic mass is 35.5. The number of aromatic nitrogens is 3. The average molecular weight is 522 g/mol. The van der Waals surface area contributed by atoms with Gasteiger partial charge in [-0.1, -0.05) is 77.0 Å². The zero-order valence-electron chi connectivity index (χ0n) is 18.3. The number of fused-ring (bicyclic) bond motifs is 1. The van der Waals surface area contributed by atoms with Crippen LogP contribution < -0.4 is 11.0 Å². The Morgan fingerprint density at radius 3 is 2.51 bits per heavy atom. The van der Waals surface area contributed by atoms with Crippen LogP contribution in [0.4, 0.5) is 0 Å². The van der Waals surface area contributed by atoms with Gasteiger partial charge < -0.3 is 0 Å². The van der Waals surface area contributed by atoms with Crippen LogP contribution in [-0.2, 0) is 0 Å². The van der Waals surface area contributed by atoms with E-state index in [0.29, 0.717) is 32.7 Å². The van der Waals surface area contributed by atoms with E-state index in [2.05, 4.69) is 20.6 Å². The van der Waals surface area contributed by atoms with Gasteiger partial charge in [-0.3, -0.25) is 14.7 Å². The average Bonchev–Trinajstić information content (AvgIpc) is 3.45. The van der Waals surface area contributed by atoms with Crippen LogP contribution in [-0.4, -0.2) is 26.4 Å². The Hall–Kier alpha value is -3.72. The van der Waals surface area contributed by atoms with Crippen molar-refractivity contribution < 1.29 is 4.79 Å². The number of nitrogens with one attached hydrogen (secondary N) is 2. The quantitative estimate of drug-likeness (QED) is 0.222. The molecule has 0 bridgehead atoms. The summed E-state index contributed by atoms with van der Waals surface area (Å²) in [5.74, 6) is -0.480. The van der Waals surface area contributed by atoms with Gasteiger partial charge in [-0.05, 0) is 37.3 Å². The predicted octanol–water partition coefficient (Wildman–Crippen LogP) is 5.90. The second-order valence-corrected chi connectivity index (χ2v) is 9.42. The molecule has 0 aliphatic carbocycles. The summed E-state index contributed by atoms with van der Waals surface area (Å²) in [6.45, 7) is 1.66. The van der Waals surface area contributed by atoms with E-state index >= 15 is 0 Å². The molecule has 0 fully saturated rings. The molecule has 1 amide bonds. The zero-order chi connectivity index (χ0) is 24.5. The lowest BCUT2D eigenvalue weighted by atomic mass is 10.1. The molecule has 35 heavy (non-hydrogen) atoms. The third-order valence-corrected chi connectivity index (χ3v) is 7.06. The number of hydrogen-bond donors (Lipinski definition) is 2. The molecule has 10 heteroatoms. The first-order valence-electron chi connectivity index (χ1n) is 10.5. The number of para-hydroxylation sites is 1. The number of carbonyl (C=O) groups is 1. The molecular weight excluding hydrogens is 505 g/mol. The van der Waals surface area contributed by atoms with Crippen molar-refractivity contribution in [3.05, 3.63) is 104 Å². The normalized spacial score (nSPS) is 11.7. The van der Waals surface area contributed by atoms with Crippen LogP contribution in [0.3, 0.4) is 0 Å². The number of H-pyrrole nitrogens is 1. The summed E-state index contributed by atoms with van der Waals surface area (Å²) in [5.41, 5.74) is 5.28. The second-order valence-electron chi connectivity index (χ2n) is 7.60. The van der Waals surface area contributed by atoms with Crippen molar-refractivity contribution in [2.75, 3.05) is 0 Å². The molecule has 2 aromatic heterocycles. The SMILES string of the molecule is CC(=NNC(=O)c1ccc(Cl)c(Cl)c1)c1c(-c2ccccc2)[nH]n(-c2nc3ccccc3s2)c1=O. The summed E-state index contributed by atoms with van der Waals surface area (Å²) in [7, 11) is 0. The number of carbonyl (C=O) groups excluding carboxylic acids is 1. The molecule has 3 aromatic carbocycles. The first kappa shape index (κ1) is 23.0. The van der Waals surface area contributed by atoms with Crippen LogP contribution in [0, 0.1) is 0 Å². The lowest BCUT2D eigenvalue weighted by Crippen LogP contribution is -2.23. The molecule has 2 N–H and O–H groups in total. The summed E-state index contributed by atoms with van der Waals surface area (Å²) in [6.07, 6.45) is 0. The summed E-state index contributed by atoms with van der Waals surface area (Å²) in [5, 5.41) is 8.51. The molecule has 5 rings (SSSR count). The Labute approximate surface area is 213 Å². The maximum Gasteiger partial charge on any atom is 0.283 e. The lowest BCUT2D eigenvalue weighted by Gasteiger charge is -2.05. The van der Waals surface area contributed by atoms with Crippen LogP contribution in [0.15, 0.2) is 82.7 Å². The van der Waals surface area contributed by atoms with Gasteiger partial charge >= 0.3 is 0 Å². The van der Waals surface area contributed by atoms with E-state index in [-0.39, 0.29) is 10.6 Å². The van der Waals surface area contributed by atoms with Gasteiger partial charge in [-0.15, -0.1) is 0 Å². The number of aromatic amines is 1. The van der Waals surface area contributed by atoms with E-state index in [1.807, 2.05) is 54.6 Å². The van der Waals surface area contributed by atoms with Crippen LogP contribution >= 0.6 is 34.5 Å². The third kappa shape index (κ3) is 4.51. The maximum absolute atomic E-state index is 13.6. The number of hydrogen-bond acceptors (Lipinski definition) is 5. The first-order chi connectivity index (χ1) is 16.9. The molecule has 0 aliphatic heterocycles. The van der Waals surface area contributed by atoms with E-state index in [0.717, 1.165) is 15.8 Å². The number of thiazole rings is 1. The first-order valence-corrected chi connectivity index (χ1v) is 12.1. The smallest absolute Gasteiger partial charge is 0.283 e. The molecule has 0 saturated carbocycles. The number of rotatable bonds is 5. The third-order valence-electron chi connectivity index (χ3n) is 5.30. The maximum atomic E-state index is 13.6. The second kappa shape index (κ2) is 9.50. The van der Waals surface area contributed by atoms with E-state index < -0.39 is 5.91 Å². The molecule has 5 aromatic rings. The molecule has 7 nitrogen and oxygen atoms in total. The number of nitrogens with zero attached hydrogens (tertiary/aromatic N) is 3. The van der Waals surface area contributed by atoms with Gasteiger partial charge in [0, 0.05) is 11.1 Å². The number of hydrazone groups is 1. The Morgan fingerprint density at radius 1 is 1.03 bits per heavy atom. The molecule has 0 aliphatic rings. The fourth-order valence-electron chi connectivity index (χ4n) is 3.57. The molecular formula is C25H17Cl2N5O2S. The largest absolute Gasteiger partial charge is 0.288 e. The minimum absolute atomic E-state index is 0.260. The van der Waals surface area contributed by atoms with Crippen molar-refractivity contribution >= 4 is 56.4 Å². The molecule has 0 spiro atoms. The predicted molar refractivity (Wildman–Crippen MR) is 141 cm³/mol. The number of benzene rings is 3. The molecule has 0 saturated heterocycles. The van der Waals surface area contributed by atoms with Crippen molar-refractivity contribution in [3.63, 3.8) is 0 Å². The van der Waals surface area contributed by atoms with Gasteiger partial charge in [0.05, 0.1) is 37.2 Å². The Balaban J connectivity index is 1.56. The lowest BCUT2D eigenvalue weighted by molar-refractivity contribution is 0.0955. The molecule has 174 valence electrons. The van der Waals surface area contributed by atoms with Crippen LogP contribution in [0.2, 0.25) is 10.0 Å². The summed E-state index contributed by atoms with van der Waals surface area (Å²) in [4.78, 5) is 30.7. The standard InChI is InChI=1S/C25H17Cl2N5O2S/c1-14(29-30-23(33)16-11-12-17(26)18(27)13-16)21-22(15-7-3-2-4-8-15)31-32(24(21)34)25-28-19-9-5-6-10-20(19)35-25/h2-13,31H,1H3,(H,30,33). The van der Waals surface area contributed by atoms with E-state index in [1.54, 1.807) is 13.0 Å². The summed E-state index contributed by atoms with van der Waals surface area (Å²) >= 11 is 13.3. The number of halogens is 2. The highest BCUT2D eigenvalue weighted by molar-refractivity contribution is 7.20. The highest BCUT2D eigenvalue weighted by Crippen LogP contribution is 2.26. The zero-order valence-corrected chi connectivity index (χ0v) is 20.6. The van der Waals surface area contributed by atoms with Crippen LogP contribution in [0.5, 0.6) is 0 Å². The molecule has 2 heterocycles. The fourth-order valence-corrected chi connectivity index (χ4v) is 4.79. The van der Waals surface area contributed by atoms with Crippen molar-refractivity contribution in [1.29, 1.82) is 0 Å². The summed E-state index contributed by atoms with van der Waals surface area (Å²) in [6, 6.07) is 21.6. The summed E-state index contributed by atoms with van der Waals surface area (Å²) < 4.78 is 2.37. The van der Waals surface area contributed by atoms with Crippen LogP contribution in [0.1, 0.15) is 22.8 Å². The number of amides is 1. The van der Waals surface area contributed by atoms with E-state index in [4.69, 9.17) is 23.2 Å². The van der Waals surface area contributed by atoms with Gasteiger partial charge in [0.15, 0.2) is 0 Å². The van der Waals surface area contributed by atoms with Gasteiger partial charge in [-0.25, -0.2) is 10.4 Å². The minimum Gasteiger partial charge on any atom is -0.288 e. The fraction of sp³-hybridized carbons (Fsp3) is 0.0400. The van der Waals surface area contributed by atoms with Gasteiger partial charge in [-0.2, -0.15) is 9.78 Å². The van der Waals surface area contributed by atoms with Gasteiger partial charge in [0.1, 0.15) is 0 Å². The Bertz CT molecular complexity index is 1620. The van der Waals surface area contributed by atoms with E-state index in [1.165, 1.54) is 28.2 Å². The van der Waals surface area contributed by atoms with Gasteiger partial charge in [0.2, 0.25) is 5.13 Å². The molecule has 0 radical (unpaired) electrons. The Kier molecular flexibility index (Phi) is 6.25. The van der Waals surface area contributed by atoms with Crippen molar-refractivity contribution in [2.24, 2.45) is 5.10 Å². The Morgan fingerprint density at radius 2 is 1.77 bits per heavy atom. The van der Waals surface area contributed by atoms with Crippen molar-refractivity contribution in [1.82, 2.24) is 20.2 Å². The molecule has 0 unspecified atom stereocenters. The van der Waals surface area contributed by atoms with Gasteiger partial charge in [0.25, 0.3) is 11.5 Å². The van der Waals surface area contributed by atoms with Crippen molar-refractivity contribution in [3.8, 4) is 16.4 Å². The topological polar surface area (TPSA) is 92.1 Å².